The van der Waals surface area contributed by atoms with E-state index in [1.807, 2.05) is 6.20 Å². The molecule has 0 bridgehead atoms. The Hall–Kier alpha value is -2.68. The van der Waals surface area contributed by atoms with Gasteiger partial charge in [-0.1, -0.05) is 50.2 Å². The van der Waals surface area contributed by atoms with E-state index < -0.39 is 5.41 Å². The first-order chi connectivity index (χ1) is 12.8. The highest BCUT2D eigenvalue weighted by molar-refractivity contribution is 6.13. The van der Waals surface area contributed by atoms with Crippen LogP contribution in [0.2, 0.25) is 0 Å². The molecule has 0 radical (unpaired) electrons. The Balaban J connectivity index is 2.22. The molecule has 0 amide bonds. The van der Waals surface area contributed by atoms with Crippen molar-refractivity contribution >= 4 is 33.1 Å². The van der Waals surface area contributed by atoms with Gasteiger partial charge >= 0.3 is 0 Å². The number of imidazole rings is 1. The molecular formula is C24H26N2O. The standard InChI is InChI=1S/C24H26N2O/c1-15(2)13-24(5,17(4)27)21-14-25-23-19-11-7-6-10-18(19)22-16(3)9-8-12-20(22)26(21)23/h6-12,14-15H,13H2,1-5H3. The molecule has 0 aliphatic rings. The predicted molar refractivity (Wildman–Crippen MR) is 112 cm³/mol. The zero-order valence-corrected chi connectivity index (χ0v) is 16.7. The Morgan fingerprint density at radius 1 is 1.11 bits per heavy atom. The number of hydrogen-bond donors (Lipinski definition) is 0. The molecular weight excluding hydrogens is 332 g/mol. The Morgan fingerprint density at radius 2 is 1.81 bits per heavy atom. The van der Waals surface area contributed by atoms with Crippen molar-refractivity contribution in [2.75, 3.05) is 0 Å². The van der Waals surface area contributed by atoms with E-state index in [0.29, 0.717) is 5.92 Å². The van der Waals surface area contributed by atoms with E-state index in [4.69, 9.17) is 4.98 Å². The minimum Gasteiger partial charge on any atom is -0.299 e. The third-order valence-electron chi connectivity index (χ3n) is 5.85. The van der Waals surface area contributed by atoms with Crippen molar-refractivity contribution < 1.29 is 4.79 Å². The summed E-state index contributed by atoms with van der Waals surface area (Å²) in [5.41, 5.74) is 3.70. The Labute approximate surface area is 160 Å². The van der Waals surface area contributed by atoms with E-state index >= 15 is 0 Å². The molecule has 0 N–H and O–H groups in total. The largest absolute Gasteiger partial charge is 0.299 e. The normalized spacial score (nSPS) is 14.3. The number of aromatic nitrogens is 2. The fourth-order valence-corrected chi connectivity index (χ4v) is 4.51. The molecule has 0 spiro atoms. The van der Waals surface area contributed by atoms with Gasteiger partial charge in [0, 0.05) is 10.8 Å². The molecule has 3 heteroatoms. The summed E-state index contributed by atoms with van der Waals surface area (Å²) in [7, 11) is 0. The van der Waals surface area contributed by atoms with Crippen LogP contribution in [0.4, 0.5) is 0 Å². The molecule has 27 heavy (non-hydrogen) atoms. The fourth-order valence-electron chi connectivity index (χ4n) is 4.51. The van der Waals surface area contributed by atoms with Crippen molar-refractivity contribution in [3.05, 3.63) is 59.9 Å². The monoisotopic (exact) mass is 358 g/mol. The lowest BCUT2D eigenvalue weighted by molar-refractivity contribution is -0.122. The molecule has 2 heterocycles. The molecule has 4 rings (SSSR count). The van der Waals surface area contributed by atoms with Gasteiger partial charge in [0.2, 0.25) is 0 Å². The molecule has 138 valence electrons. The van der Waals surface area contributed by atoms with Crippen molar-refractivity contribution in [3.63, 3.8) is 0 Å². The van der Waals surface area contributed by atoms with Crippen molar-refractivity contribution in [1.82, 2.24) is 9.38 Å². The third kappa shape index (κ3) is 2.56. The van der Waals surface area contributed by atoms with Crippen molar-refractivity contribution in [2.45, 2.75) is 46.5 Å². The number of aryl methyl sites for hydroxylation is 1. The molecule has 4 aromatic rings. The summed E-state index contributed by atoms with van der Waals surface area (Å²) < 4.78 is 2.22. The first kappa shape index (κ1) is 17.7. The second-order valence-electron chi connectivity index (χ2n) is 8.30. The van der Waals surface area contributed by atoms with Crippen LogP contribution in [0.15, 0.2) is 48.7 Å². The van der Waals surface area contributed by atoms with Crippen LogP contribution >= 0.6 is 0 Å². The van der Waals surface area contributed by atoms with Gasteiger partial charge in [-0.15, -0.1) is 0 Å². The number of carbonyl (C=O) groups is 1. The molecule has 1 atom stereocenters. The number of hydrogen-bond acceptors (Lipinski definition) is 2. The highest BCUT2D eigenvalue weighted by Gasteiger charge is 2.36. The number of ketones is 1. The quantitative estimate of drug-likeness (QED) is 0.429. The summed E-state index contributed by atoms with van der Waals surface area (Å²) in [6, 6.07) is 14.8. The van der Waals surface area contributed by atoms with Crippen LogP contribution in [-0.4, -0.2) is 15.2 Å². The number of pyridine rings is 1. The van der Waals surface area contributed by atoms with Crippen LogP contribution in [0, 0.1) is 12.8 Å². The van der Waals surface area contributed by atoms with Gasteiger partial charge in [-0.3, -0.25) is 9.20 Å². The van der Waals surface area contributed by atoms with Gasteiger partial charge in [-0.2, -0.15) is 0 Å². The third-order valence-corrected chi connectivity index (χ3v) is 5.85. The number of fused-ring (bicyclic) bond motifs is 6. The molecule has 3 nitrogen and oxygen atoms in total. The average Bonchev–Trinajstić information content (AvgIpc) is 3.07. The van der Waals surface area contributed by atoms with Crippen LogP contribution in [0.3, 0.4) is 0 Å². The number of nitrogens with zero attached hydrogens (tertiary/aromatic N) is 2. The van der Waals surface area contributed by atoms with Crippen LogP contribution < -0.4 is 0 Å². The lowest BCUT2D eigenvalue weighted by Crippen LogP contribution is -2.33. The molecule has 0 aliphatic heterocycles. The van der Waals surface area contributed by atoms with Crippen LogP contribution in [0.1, 0.15) is 45.4 Å². The predicted octanol–water partition coefficient (Wildman–Crippen LogP) is 5.84. The summed E-state index contributed by atoms with van der Waals surface area (Å²) in [6.45, 7) is 10.3. The summed E-state index contributed by atoms with van der Waals surface area (Å²) in [5.74, 6) is 0.602. The number of carbonyl (C=O) groups excluding carboxylic acids is 1. The van der Waals surface area contributed by atoms with E-state index in [1.54, 1.807) is 6.92 Å². The van der Waals surface area contributed by atoms with Gasteiger partial charge in [0.25, 0.3) is 0 Å². The number of benzene rings is 2. The van der Waals surface area contributed by atoms with Gasteiger partial charge in [-0.25, -0.2) is 4.98 Å². The van der Waals surface area contributed by atoms with E-state index in [1.165, 1.54) is 16.3 Å². The lowest BCUT2D eigenvalue weighted by atomic mass is 9.76. The smallest absolute Gasteiger partial charge is 0.145 e. The number of Topliss-reactive ketones (excluding diaryl/α,β-unsaturated/α-hetero) is 1. The molecule has 0 saturated heterocycles. The summed E-state index contributed by atoms with van der Waals surface area (Å²) in [5, 5.41) is 3.57. The van der Waals surface area contributed by atoms with Crippen molar-refractivity contribution in [2.24, 2.45) is 5.92 Å². The van der Waals surface area contributed by atoms with Crippen LogP contribution in [0.5, 0.6) is 0 Å². The fraction of sp³-hybridized carbons (Fsp3) is 0.333. The minimum absolute atomic E-state index is 0.187. The van der Waals surface area contributed by atoms with E-state index in [2.05, 4.69) is 74.6 Å². The molecule has 0 saturated carbocycles. The highest BCUT2D eigenvalue weighted by Crippen LogP contribution is 2.37. The second-order valence-corrected chi connectivity index (χ2v) is 8.30. The SMILES string of the molecule is CC(=O)C(C)(CC(C)C)c1cnc2c3ccccc3c3c(C)cccc3n12. The molecule has 0 fully saturated rings. The second kappa shape index (κ2) is 6.19. The van der Waals surface area contributed by atoms with Crippen molar-refractivity contribution in [3.8, 4) is 0 Å². The Bertz CT molecular complexity index is 1190. The Morgan fingerprint density at radius 3 is 2.48 bits per heavy atom. The van der Waals surface area contributed by atoms with Gasteiger partial charge < -0.3 is 0 Å². The van der Waals surface area contributed by atoms with Gasteiger partial charge in [0.1, 0.15) is 11.4 Å². The average molecular weight is 358 g/mol. The first-order valence-electron chi connectivity index (χ1n) is 9.63. The van der Waals surface area contributed by atoms with Crippen LogP contribution in [0.25, 0.3) is 27.3 Å². The Kier molecular flexibility index (Phi) is 4.06. The summed E-state index contributed by atoms with van der Waals surface area (Å²) in [6.07, 6.45) is 2.71. The maximum Gasteiger partial charge on any atom is 0.145 e. The number of rotatable bonds is 4. The van der Waals surface area contributed by atoms with E-state index in [9.17, 15) is 4.79 Å². The zero-order chi connectivity index (χ0) is 19.3. The zero-order valence-electron chi connectivity index (χ0n) is 16.7. The van der Waals surface area contributed by atoms with Crippen LogP contribution in [-0.2, 0) is 10.2 Å². The minimum atomic E-state index is -0.563. The lowest BCUT2D eigenvalue weighted by Gasteiger charge is -2.29. The van der Waals surface area contributed by atoms with Gasteiger partial charge in [0.05, 0.1) is 22.8 Å². The van der Waals surface area contributed by atoms with E-state index in [-0.39, 0.29) is 5.78 Å². The topological polar surface area (TPSA) is 34.4 Å². The first-order valence-corrected chi connectivity index (χ1v) is 9.63. The highest BCUT2D eigenvalue weighted by atomic mass is 16.1. The summed E-state index contributed by atoms with van der Waals surface area (Å²) >= 11 is 0. The van der Waals surface area contributed by atoms with Crippen molar-refractivity contribution in [1.29, 1.82) is 0 Å². The van der Waals surface area contributed by atoms with Gasteiger partial charge in [0.15, 0.2) is 0 Å². The summed E-state index contributed by atoms with van der Waals surface area (Å²) in [4.78, 5) is 17.6. The maximum atomic E-state index is 12.8. The van der Waals surface area contributed by atoms with Gasteiger partial charge in [-0.05, 0) is 50.1 Å². The maximum absolute atomic E-state index is 12.8. The molecule has 2 aromatic heterocycles. The molecule has 0 aliphatic carbocycles. The van der Waals surface area contributed by atoms with E-state index in [0.717, 1.165) is 28.7 Å². The molecule has 1 unspecified atom stereocenters. The molecule has 2 aromatic carbocycles.